The molecule has 0 aliphatic rings. The van der Waals surface area contributed by atoms with Gasteiger partial charge in [0.15, 0.2) is 5.16 Å². The molecule has 0 aliphatic carbocycles. The summed E-state index contributed by atoms with van der Waals surface area (Å²) in [7, 11) is 1.63. The number of rotatable bonds is 8. The van der Waals surface area contributed by atoms with Crippen LogP contribution >= 0.6 is 11.8 Å². The summed E-state index contributed by atoms with van der Waals surface area (Å²) in [5, 5.41) is 13.2. The first-order valence-electron chi connectivity index (χ1n) is 8.87. The van der Waals surface area contributed by atoms with Gasteiger partial charge in [0.25, 0.3) is 0 Å². The number of aromatic nitrogens is 2. The molecule has 3 rings (SSSR count). The van der Waals surface area contributed by atoms with E-state index in [9.17, 15) is 9.90 Å². The molecule has 0 saturated carbocycles. The molecule has 0 saturated heterocycles. The van der Waals surface area contributed by atoms with Crippen LogP contribution in [0.2, 0.25) is 0 Å². The van der Waals surface area contributed by atoms with Crippen molar-refractivity contribution in [3.05, 3.63) is 71.5 Å². The first-order valence-corrected chi connectivity index (χ1v) is 9.85. The van der Waals surface area contributed by atoms with Gasteiger partial charge in [0, 0.05) is 12.2 Å². The van der Waals surface area contributed by atoms with E-state index in [-0.39, 0.29) is 18.3 Å². The van der Waals surface area contributed by atoms with Crippen molar-refractivity contribution in [2.75, 3.05) is 18.2 Å². The Morgan fingerprint density at radius 3 is 2.64 bits per heavy atom. The molecule has 0 bridgehead atoms. The first kappa shape index (κ1) is 20.0. The van der Waals surface area contributed by atoms with E-state index in [0.717, 1.165) is 22.6 Å². The Bertz CT molecular complexity index is 938. The van der Waals surface area contributed by atoms with Crippen LogP contribution in [-0.2, 0) is 17.9 Å². The van der Waals surface area contributed by atoms with E-state index in [0.29, 0.717) is 17.4 Å². The van der Waals surface area contributed by atoms with E-state index >= 15 is 0 Å². The van der Waals surface area contributed by atoms with Crippen LogP contribution in [0.15, 0.2) is 59.9 Å². The molecule has 1 heterocycles. The SMILES string of the molecule is COc1ccc(Cn2c(CO)cnc2SCC(=O)Nc2ccccc2C)cc1. The largest absolute Gasteiger partial charge is 0.497 e. The van der Waals surface area contributed by atoms with Crippen LogP contribution in [0.3, 0.4) is 0 Å². The number of ether oxygens (including phenoxy) is 1. The van der Waals surface area contributed by atoms with Gasteiger partial charge in [0.2, 0.25) is 5.91 Å². The number of anilines is 1. The Morgan fingerprint density at radius 2 is 1.96 bits per heavy atom. The van der Waals surface area contributed by atoms with Crippen LogP contribution in [0.5, 0.6) is 5.75 Å². The molecule has 0 unspecified atom stereocenters. The lowest BCUT2D eigenvalue weighted by Gasteiger charge is -2.12. The van der Waals surface area contributed by atoms with Crippen LogP contribution in [0.1, 0.15) is 16.8 Å². The van der Waals surface area contributed by atoms with Crippen LogP contribution in [0.4, 0.5) is 5.69 Å². The highest BCUT2D eigenvalue weighted by Gasteiger charge is 2.13. The van der Waals surface area contributed by atoms with Crippen LogP contribution in [0, 0.1) is 6.92 Å². The van der Waals surface area contributed by atoms with Gasteiger partial charge >= 0.3 is 0 Å². The molecule has 0 spiro atoms. The van der Waals surface area contributed by atoms with E-state index in [4.69, 9.17) is 4.74 Å². The van der Waals surface area contributed by atoms with Gasteiger partial charge in [-0.2, -0.15) is 0 Å². The van der Waals surface area contributed by atoms with E-state index in [1.807, 2.05) is 60.0 Å². The quantitative estimate of drug-likeness (QED) is 0.569. The number of nitrogens with zero attached hydrogens (tertiary/aromatic N) is 2. The summed E-state index contributed by atoms with van der Waals surface area (Å²) in [6.07, 6.45) is 1.64. The first-order chi connectivity index (χ1) is 13.6. The molecule has 1 amide bonds. The smallest absolute Gasteiger partial charge is 0.234 e. The molecule has 3 aromatic rings. The van der Waals surface area contributed by atoms with Gasteiger partial charge in [0.05, 0.1) is 31.4 Å². The van der Waals surface area contributed by atoms with E-state index < -0.39 is 0 Å². The number of hydrogen-bond acceptors (Lipinski definition) is 5. The van der Waals surface area contributed by atoms with Crippen molar-refractivity contribution in [3.63, 3.8) is 0 Å². The number of para-hydroxylation sites is 1. The van der Waals surface area contributed by atoms with Gasteiger partial charge in [-0.3, -0.25) is 4.79 Å². The Labute approximate surface area is 168 Å². The highest BCUT2D eigenvalue weighted by molar-refractivity contribution is 7.99. The number of carbonyl (C=O) groups is 1. The molecule has 7 heteroatoms. The molecular formula is C21H23N3O3S. The minimum atomic E-state index is -0.112. The topological polar surface area (TPSA) is 76.4 Å². The molecule has 0 atom stereocenters. The summed E-state index contributed by atoms with van der Waals surface area (Å²) in [6.45, 7) is 2.40. The minimum Gasteiger partial charge on any atom is -0.497 e. The number of thioether (sulfide) groups is 1. The number of amides is 1. The second kappa shape index (κ2) is 9.43. The Morgan fingerprint density at radius 1 is 1.21 bits per heavy atom. The summed E-state index contributed by atoms with van der Waals surface area (Å²) >= 11 is 1.35. The van der Waals surface area contributed by atoms with Crippen molar-refractivity contribution in [3.8, 4) is 5.75 Å². The van der Waals surface area contributed by atoms with Crippen molar-refractivity contribution in [2.45, 2.75) is 25.2 Å². The van der Waals surface area contributed by atoms with Crippen LogP contribution in [-0.4, -0.2) is 33.4 Å². The summed E-state index contributed by atoms with van der Waals surface area (Å²) in [5.74, 6) is 0.932. The standard InChI is InChI=1S/C21H23N3O3S/c1-15-5-3-4-6-19(15)23-20(26)14-28-21-22-11-17(13-25)24(21)12-16-7-9-18(27-2)10-8-16/h3-11,25H,12-14H2,1-2H3,(H,23,26). The molecule has 1 aromatic heterocycles. The third-order valence-electron chi connectivity index (χ3n) is 4.31. The fraction of sp³-hybridized carbons (Fsp3) is 0.238. The highest BCUT2D eigenvalue weighted by Crippen LogP contribution is 2.22. The number of carbonyl (C=O) groups excluding carboxylic acids is 1. The van der Waals surface area contributed by atoms with Crippen molar-refractivity contribution in [1.29, 1.82) is 0 Å². The second-order valence-electron chi connectivity index (χ2n) is 6.28. The predicted octanol–water partition coefficient (Wildman–Crippen LogP) is 3.47. The molecule has 0 fully saturated rings. The number of methoxy groups -OCH3 is 1. The number of aliphatic hydroxyl groups is 1. The summed E-state index contributed by atoms with van der Waals surface area (Å²) in [4.78, 5) is 16.7. The molecule has 0 aliphatic heterocycles. The Balaban J connectivity index is 1.67. The normalized spacial score (nSPS) is 10.7. The van der Waals surface area contributed by atoms with Gasteiger partial charge in [0.1, 0.15) is 5.75 Å². The van der Waals surface area contributed by atoms with Gasteiger partial charge in [-0.05, 0) is 36.2 Å². The number of aliphatic hydroxyl groups excluding tert-OH is 1. The van der Waals surface area contributed by atoms with E-state index in [1.54, 1.807) is 13.3 Å². The Hall–Kier alpha value is -2.77. The molecule has 2 N–H and O–H groups in total. The molecule has 28 heavy (non-hydrogen) atoms. The maximum absolute atomic E-state index is 12.3. The Kier molecular flexibility index (Phi) is 6.73. The van der Waals surface area contributed by atoms with Crippen molar-refractivity contribution < 1.29 is 14.6 Å². The summed E-state index contributed by atoms with van der Waals surface area (Å²) < 4.78 is 7.11. The van der Waals surface area contributed by atoms with Crippen molar-refractivity contribution in [1.82, 2.24) is 9.55 Å². The molecular weight excluding hydrogens is 374 g/mol. The maximum atomic E-state index is 12.3. The fourth-order valence-electron chi connectivity index (χ4n) is 2.75. The van der Waals surface area contributed by atoms with Gasteiger partial charge < -0.3 is 19.7 Å². The van der Waals surface area contributed by atoms with E-state index in [1.165, 1.54) is 11.8 Å². The second-order valence-corrected chi connectivity index (χ2v) is 7.22. The van der Waals surface area contributed by atoms with Crippen molar-refractivity contribution in [2.24, 2.45) is 0 Å². The highest BCUT2D eigenvalue weighted by atomic mass is 32.2. The summed E-state index contributed by atoms with van der Waals surface area (Å²) in [5.41, 5.74) is 3.59. The number of aryl methyl sites for hydroxylation is 1. The minimum absolute atomic E-state index is 0.0937. The lowest BCUT2D eigenvalue weighted by Crippen LogP contribution is -2.15. The lowest BCUT2D eigenvalue weighted by molar-refractivity contribution is -0.113. The average Bonchev–Trinajstić information content (AvgIpc) is 3.10. The van der Waals surface area contributed by atoms with Crippen LogP contribution in [0.25, 0.3) is 0 Å². The third-order valence-corrected chi connectivity index (χ3v) is 5.31. The zero-order valence-electron chi connectivity index (χ0n) is 15.9. The van der Waals surface area contributed by atoms with E-state index in [2.05, 4.69) is 10.3 Å². The van der Waals surface area contributed by atoms with Gasteiger partial charge in [-0.15, -0.1) is 0 Å². The summed E-state index contributed by atoms with van der Waals surface area (Å²) in [6, 6.07) is 15.4. The third kappa shape index (κ3) is 4.94. The van der Waals surface area contributed by atoms with Gasteiger partial charge in [-0.1, -0.05) is 42.1 Å². The predicted molar refractivity (Wildman–Crippen MR) is 111 cm³/mol. The number of nitrogens with one attached hydrogen (secondary N) is 1. The molecule has 2 aromatic carbocycles. The zero-order valence-corrected chi connectivity index (χ0v) is 16.7. The van der Waals surface area contributed by atoms with Crippen molar-refractivity contribution >= 4 is 23.4 Å². The zero-order chi connectivity index (χ0) is 19.9. The maximum Gasteiger partial charge on any atom is 0.234 e. The number of benzene rings is 2. The van der Waals surface area contributed by atoms with Gasteiger partial charge in [-0.25, -0.2) is 4.98 Å². The number of imidazole rings is 1. The van der Waals surface area contributed by atoms with Crippen LogP contribution < -0.4 is 10.1 Å². The lowest BCUT2D eigenvalue weighted by atomic mass is 10.2. The molecule has 6 nitrogen and oxygen atoms in total. The molecule has 146 valence electrons. The fourth-order valence-corrected chi connectivity index (χ4v) is 3.54. The molecule has 0 radical (unpaired) electrons. The number of hydrogen-bond donors (Lipinski definition) is 2. The monoisotopic (exact) mass is 397 g/mol. The average molecular weight is 398 g/mol.